The lowest BCUT2D eigenvalue weighted by molar-refractivity contribution is -0.147. The summed E-state index contributed by atoms with van der Waals surface area (Å²) in [5.41, 5.74) is 0.876. The maximum absolute atomic E-state index is 11.6. The van der Waals surface area contributed by atoms with Gasteiger partial charge in [0.25, 0.3) is 0 Å². The number of phenolic OH excluding ortho intramolecular Hbond substituents is 1. The van der Waals surface area contributed by atoms with Crippen LogP contribution in [0.15, 0.2) is 24.3 Å². The first-order valence-electron chi connectivity index (χ1n) is 5.71. The number of benzene rings is 1. The zero-order valence-electron chi connectivity index (χ0n) is 9.19. The van der Waals surface area contributed by atoms with E-state index in [2.05, 4.69) is 0 Å². The van der Waals surface area contributed by atoms with E-state index in [0.29, 0.717) is 0 Å². The van der Waals surface area contributed by atoms with Crippen molar-refractivity contribution in [2.75, 3.05) is 0 Å². The topological polar surface area (TPSA) is 46.5 Å². The predicted molar refractivity (Wildman–Crippen MR) is 60.2 cm³/mol. The van der Waals surface area contributed by atoms with Crippen molar-refractivity contribution in [2.24, 2.45) is 0 Å². The molecule has 2 rings (SSSR count). The summed E-state index contributed by atoms with van der Waals surface area (Å²) in [6, 6.07) is 6.65. The Labute approximate surface area is 95.0 Å². The van der Waals surface area contributed by atoms with Crippen molar-refractivity contribution in [3.05, 3.63) is 29.8 Å². The van der Waals surface area contributed by atoms with E-state index in [9.17, 15) is 4.79 Å². The summed E-state index contributed by atoms with van der Waals surface area (Å²) in [4.78, 5) is 11.6. The van der Waals surface area contributed by atoms with E-state index in [-0.39, 0.29) is 24.2 Å². The second kappa shape index (κ2) is 5.01. The molecule has 0 aromatic heterocycles. The summed E-state index contributed by atoms with van der Waals surface area (Å²) in [7, 11) is 0. The molecule has 0 spiro atoms. The second-order valence-electron chi connectivity index (χ2n) is 4.24. The first kappa shape index (κ1) is 11.0. The zero-order chi connectivity index (χ0) is 11.4. The van der Waals surface area contributed by atoms with Gasteiger partial charge < -0.3 is 9.84 Å². The van der Waals surface area contributed by atoms with Crippen molar-refractivity contribution < 1.29 is 14.6 Å². The Hall–Kier alpha value is -1.51. The van der Waals surface area contributed by atoms with Crippen LogP contribution < -0.4 is 0 Å². The smallest absolute Gasteiger partial charge is 0.310 e. The summed E-state index contributed by atoms with van der Waals surface area (Å²) >= 11 is 0. The van der Waals surface area contributed by atoms with E-state index in [0.717, 1.165) is 31.2 Å². The number of hydrogen-bond acceptors (Lipinski definition) is 3. The fourth-order valence-electron chi connectivity index (χ4n) is 2.01. The Bertz CT molecular complexity index is 350. The van der Waals surface area contributed by atoms with E-state index in [1.807, 2.05) is 0 Å². The van der Waals surface area contributed by atoms with Gasteiger partial charge in [-0.25, -0.2) is 0 Å². The quantitative estimate of drug-likeness (QED) is 0.796. The number of rotatable bonds is 3. The van der Waals surface area contributed by atoms with Crippen molar-refractivity contribution in [2.45, 2.75) is 38.2 Å². The molecule has 0 unspecified atom stereocenters. The molecule has 1 aromatic rings. The number of esters is 1. The third-order valence-electron chi connectivity index (χ3n) is 2.89. The van der Waals surface area contributed by atoms with Crippen LogP contribution in [0.3, 0.4) is 0 Å². The van der Waals surface area contributed by atoms with E-state index in [4.69, 9.17) is 9.84 Å². The molecule has 0 saturated heterocycles. The predicted octanol–water partition coefficient (Wildman–Crippen LogP) is 2.42. The molecule has 86 valence electrons. The van der Waals surface area contributed by atoms with Crippen molar-refractivity contribution >= 4 is 5.97 Å². The van der Waals surface area contributed by atoms with E-state index >= 15 is 0 Å². The monoisotopic (exact) mass is 220 g/mol. The van der Waals surface area contributed by atoms with Crippen LogP contribution in [0.1, 0.15) is 31.2 Å². The second-order valence-corrected chi connectivity index (χ2v) is 4.24. The third kappa shape index (κ3) is 2.99. The van der Waals surface area contributed by atoms with Gasteiger partial charge in [-0.1, -0.05) is 12.1 Å². The first-order valence-corrected chi connectivity index (χ1v) is 5.71. The van der Waals surface area contributed by atoms with Gasteiger partial charge in [0.1, 0.15) is 11.9 Å². The van der Waals surface area contributed by atoms with Crippen molar-refractivity contribution in [3.63, 3.8) is 0 Å². The molecule has 1 aliphatic rings. The number of phenols is 1. The van der Waals surface area contributed by atoms with Gasteiger partial charge in [0.05, 0.1) is 6.42 Å². The Kier molecular flexibility index (Phi) is 3.44. The number of ether oxygens (including phenoxy) is 1. The Morgan fingerprint density at radius 1 is 1.25 bits per heavy atom. The molecule has 1 fully saturated rings. The van der Waals surface area contributed by atoms with Gasteiger partial charge >= 0.3 is 5.97 Å². The maximum Gasteiger partial charge on any atom is 0.310 e. The van der Waals surface area contributed by atoms with Gasteiger partial charge in [0.15, 0.2) is 0 Å². The van der Waals surface area contributed by atoms with E-state index < -0.39 is 0 Å². The van der Waals surface area contributed by atoms with Crippen molar-refractivity contribution in [3.8, 4) is 5.75 Å². The fraction of sp³-hybridized carbons (Fsp3) is 0.462. The molecule has 16 heavy (non-hydrogen) atoms. The van der Waals surface area contributed by atoms with Crippen LogP contribution in [0.5, 0.6) is 5.75 Å². The van der Waals surface area contributed by atoms with Crippen LogP contribution in [0.2, 0.25) is 0 Å². The maximum atomic E-state index is 11.6. The molecular formula is C13H16O3. The van der Waals surface area contributed by atoms with Crippen LogP contribution >= 0.6 is 0 Å². The zero-order valence-corrected chi connectivity index (χ0v) is 9.19. The van der Waals surface area contributed by atoms with Gasteiger partial charge in [-0.15, -0.1) is 0 Å². The highest BCUT2D eigenvalue weighted by molar-refractivity contribution is 5.72. The molecule has 0 aliphatic heterocycles. The van der Waals surface area contributed by atoms with E-state index in [1.54, 1.807) is 24.3 Å². The number of carbonyl (C=O) groups is 1. The lowest BCUT2D eigenvalue weighted by atomic mass is 10.1. The highest BCUT2D eigenvalue weighted by Gasteiger charge is 2.19. The van der Waals surface area contributed by atoms with Gasteiger partial charge in [0.2, 0.25) is 0 Å². The summed E-state index contributed by atoms with van der Waals surface area (Å²) in [6.07, 6.45) is 4.75. The molecule has 0 heterocycles. The molecule has 0 atom stereocenters. The largest absolute Gasteiger partial charge is 0.508 e. The standard InChI is InChI=1S/C13H16O3/c14-11-7-5-10(6-8-11)9-13(15)16-12-3-1-2-4-12/h5-8,12,14H,1-4,9H2. The van der Waals surface area contributed by atoms with E-state index in [1.165, 1.54) is 0 Å². The van der Waals surface area contributed by atoms with Gasteiger partial charge in [-0.3, -0.25) is 4.79 Å². The molecule has 1 saturated carbocycles. The molecule has 1 N–H and O–H groups in total. The van der Waals surface area contributed by atoms with Crippen LogP contribution in [0.25, 0.3) is 0 Å². The Morgan fingerprint density at radius 3 is 2.50 bits per heavy atom. The molecule has 0 radical (unpaired) electrons. The SMILES string of the molecule is O=C(Cc1ccc(O)cc1)OC1CCCC1. The van der Waals surface area contributed by atoms with Crippen LogP contribution in [-0.4, -0.2) is 17.2 Å². The molecular weight excluding hydrogens is 204 g/mol. The number of aromatic hydroxyl groups is 1. The summed E-state index contributed by atoms with van der Waals surface area (Å²) in [5.74, 6) is 0.0468. The fourth-order valence-corrected chi connectivity index (χ4v) is 2.01. The molecule has 3 nitrogen and oxygen atoms in total. The number of carbonyl (C=O) groups excluding carboxylic acids is 1. The average Bonchev–Trinajstić information content (AvgIpc) is 2.74. The molecule has 3 heteroatoms. The van der Waals surface area contributed by atoms with Crippen LogP contribution in [-0.2, 0) is 16.0 Å². The molecule has 0 bridgehead atoms. The minimum atomic E-state index is -0.169. The van der Waals surface area contributed by atoms with Crippen molar-refractivity contribution in [1.29, 1.82) is 0 Å². The summed E-state index contributed by atoms with van der Waals surface area (Å²) in [6.45, 7) is 0. The minimum Gasteiger partial charge on any atom is -0.508 e. The summed E-state index contributed by atoms with van der Waals surface area (Å²) < 4.78 is 5.34. The first-order chi connectivity index (χ1) is 7.74. The lowest BCUT2D eigenvalue weighted by Crippen LogP contribution is -2.16. The number of hydrogen-bond donors (Lipinski definition) is 1. The molecule has 0 amide bonds. The highest BCUT2D eigenvalue weighted by Crippen LogP contribution is 2.21. The average molecular weight is 220 g/mol. The third-order valence-corrected chi connectivity index (χ3v) is 2.89. The van der Waals surface area contributed by atoms with Crippen LogP contribution in [0.4, 0.5) is 0 Å². The normalized spacial score (nSPS) is 16.2. The van der Waals surface area contributed by atoms with Gasteiger partial charge in [-0.05, 0) is 43.4 Å². The highest BCUT2D eigenvalue weighted by atomic mass is 16.5. The summed E-state index contributed by atoms with van der Waals surface area (Å²) in [5, 5.41) is 9.10. The Morgan fingerprint density at radius 2 is 1.88 bits per heavy atom. The minimum absolute atomic E-state index is 0.129. The Balaban J connectivity index is 1.84. The van der Waals surface area contributed by atoms with Crippen molar-refractivity contribution in [1.82, 2.24) is 0 Å². The van der Waals surface area contributed by atoms with Gasteiger partial charge in [0, 0.05) is 0 Å². The molecule has 1 aliphatic carbocycles. The lowest BCUT2D eigenvalue weighted by Gasteiger charge is -2.11. The van der Waals surface area contributed by atoms with Crippen LogP contribution in [0, 0.1) is 0 Å². The molecule has 1 aromatic carbocycles. The van der Waals surface area contributed by atoms with Gasteiger partial charge in [-0.2, -0.15) is 0 Å².